The molecular weight excluding hydrogens is 363 g/mol. The average molecular weight is 383 g/mol. The van der Waals surface area contributed by atoms with E-state index in [9.17, 15) is 13.2 Å². The molecule has 0 bridgehead atoms. The van der Waals surface area contributed by atoms with Gasteiger partial charge in [0.25, 0.3) is 5.91 Å². The Morgan fingerprint density at radius 3 is 2.48 bits per heavy atom. The molecule has 0 saturated carbocycles. The van der Waals surface area contributed by atoms with Crippen LogP contribution in [0.25, 0.3) is 0 Å². The third-order valence-electron chi connectivity index (χ3n) is 3.04. The first-order chi connectivity index (χ1) is 10.9. The summed E-state index contributed by atoms with van der Waals surface area (Å²) in [6.07, 6.45) is 0. The Morgan fingerprint density at radius 2 is 1.91 bits per heavy atom. The van der Waals surface area contributed by atoms with Crippen LogP contribution in [0.15, 0.2) is 24.3 Å². The fourth-order valence-corrected chi connectivity index (χ4v) is 3.83. The lowest BCUT2D eigenvalue weighted by molar-refractivity contribution is 0.0955. The molecule has 0 unspecified atom stereocenters. The number of sulfonamides is 1. The van der Waals surface area contributed by atoms with Crippen LogP contribution in [0.3, 0.4) is 0 Å². The number of ether oxygens (including phenoxy) is 1. The van der Waals surface area contributed by atoms with Gasteiger partial charge < -0.3 is 10.1 Å². The van der Waals surface area contributed by atoms with Crippen LogP contribution in [-0.2, 0) is 10.0 Å². The van der Waals surface area contributed by atoms with Crippen molar-refractivity contribution < 1.29 is 17.9 Å². The number of nitrogens with one attached hydrogen (secondary N) is 1. The van der Waals surface area contributed by atoms with Crippen LogP contribution in [-0.4, -0.2) is 62.9 Å². The van der Waals surface area contributed by atoms with Crippen molar-refractivity contribution in [1.29, 1.82) is 0 Å². The van der Waals surface area contributed by atoms with E-state index >= 15 is 0 Å². The van der Waals surface area contributed by atoms with E-state index < -0.39 is 10.0 Å². The number of hydrogen-bond donors (Lipinski definition) is 1. The Labute approximate surface area is 146 Å². The summed E-state index contributed by atoms with van der Waals surface area (Å²) in [6, 6.07) is 6.61. The topological polar surface area (TPSA) is 75.7 Å². The van der Waals surface area contributed by atoms with E-state index in [0.717, 1.165) is 0 Å². The first-order valence-corrected chi connectivity index (χ1v) is 9.64. The molecule has 0 heterocycles. The standard InChI is InChI=1S/C14H20Cl2N2O4S/c1-22-13-4-2-3-12(11-13)14(19)17-7-10-23(20,21)18(8-5-15)9-6-16/h2-4,11H,5-10H2,1H3,(H,17,19). The van der Waals surface area contributed by atoms with Gasteiger partial charge in [0.1, 0.15) is 5.75 Å². The second-order valence-electron chi connectivity index (χ2n) is 4.58. The van der Waals surface area contributed by atoms with Gasteiger partial charge >= 0.3 is 0 Å². The van der Waals surface area contributed by atoms with E-state index in [-0.39, 0.29) is 43.1 Å². The molecule has 23 heavy (non-hydrogen) atoms. The van der Waals surface area contributed by atoms with Crippen molar-refractivity contribution in [3.8, 4) is 5.75 Å². The number of alkyl halides is 2. The summed E-state index contributed by atoms with van der Waals surface area (Å²) in [7, 11) is -2.01. The van der Waals surface area contributed by atoms with Crippen LogP contribution in [0, 0.1) is 0 Å². The van der Waals surface area contributed by atoms with Crippen molar-refractivity contribution >= 4 is 39.1 Å². The number of rotatable bonds is 10. The van der Waals surface area contributed by atoms with E-state index in [1.165, 1.54) is 11.4 Å². The Kier molecular flexibility index (Phi) is 8.68. The molecule has 1 amide bonds. The molecule has 1 N–H and O–H groups in total. The maximum atomic E-state index is 12.2. The molecule has 0 aliphatic carbocycles. The maximum absolute atomic E-state index is 12.2. The highest BCUT2D eigenvalue weighted by atomic mass is 35.5. The largest absolute Gasteiger partial charge is 0.497 e. The van der Waals surface area contributed by atoms with E-state index in [1.807, 2.05) is 0 Å². The summed E-state index contributed by atoms with van der Waals surface area (Å²) in [5, 5.41) is 2.58. The van der Waals surface area contributed by atoms with Gasteiger partial charge in [-0.1, -0.05) is 6.07 Å². The van der Waals surface area contributed by atoms with Crippen molar-refractivity contribution in [2.75, 3.05) is 44.3 Å². The average Bonchev–Trinajstić information content (AvgIpc) is 2.54. The summed E-state index contributed by atoms with van der Waals surface area (Å²) in [4.78, 5) is 12.0. The zero-order valence-electron chi connectivity index (χ0n) is 12.8. The summed E-state index contributed by atoms with van der Waals surface area (Å²) < 4.78 is 30.6. The third kappa shape index (κ3) is 6.55. The quantitative estimate of drug-likeness (QED) is 0.622. The molecule has 6 nitrogen and oxygen atoms in total. The molecule has 1 aromatic rings. The number of hydrogen-bond acceptors (Lipinski definition) is 4. The van der Waals surface area contributed by atoms with Crippen molar-refractivity contribution in [3.63, 3.8) is 0 Å². The summed E-state index contributed by atoms with van der Waals surface area (Å²) >= 11 is 11.2. The van der Waals surface area contributed by atoms with Gasteiger partial charge in [0.05, 0.1) is 12.9 Å². The molecule has 0 aromatic heterocycles. The van der Waals surface area contributed by atoms with E-state index in [2.05, 4.69) is 5.32 Å². The summed E-state index contributed by atoms with van der Waals surface area (Å²) in [6.45, 7) is 0.389. The molecule has 9 heteroatoms. The molecule has 0 aliphatic rings. The fraction of sp³-hybridized carbons (Fsp3) is 0.500. The van der Waals surface area contributed by atoms with Crippen LogP contribution in [0.2, 0.25) is 0 Å². The Balaban J connectivity index is 2.58. The van der Waals surface area contributed by atoms with Gasteiger partial charge in [0.2, 0.25) is 10.0 Å². The third-order valence-corrected chi connectivity index (χ3v) is 5.25. The maximum Gasteiger partial charge on any atom is 0.251 e. The van der Waals surface area contributed by atoms with Crippen molar-refractivity contribution in [3.05, 3.63) is 29.8 Å². The van der Waals surface area contributed by atoms with Crippen LogP contribution >= 0.6 is 23.2 Å². The van der Waals surface area contributed by atoms with Crippen LogP contribution in [0.1, 0.15) is 10.4 Å². The van der Waals surface area contributed by atoms with Gasteiger partial charge in [-0.15, -0.1) is 23.2 Å². The Bertz CT molecular complexity index is 605. The molecule has 130 valence electrons. The van der Waals surface area contributed by atoms with Crippen molar-refractivity contribution in [2.45, 2.75) is 0 Å². The predicted octanol–water partition coefficient (Wildman–Crippen LogP) is 1.53. The highest BCUT2D eigenvalue weighted by molar-refractivity contribution is 7.89. The zero-order valence-corrected chi connectivity index (χ0v) is 15.1. The number of benzene rings is 1. The minimum absolute atomic E-state index is 0.000548. The van der Waals surface area contributed by atoms with E-state index in [1.54, 1.807) is 24.3 Å². The molecule has 0 aliphatic heterocycles. The molecular formula is C14H20Cl2N2O4S. The Hall–Kier alpha value is -1.02. The molecule has 1 aromatic carbocycles. The predicted molar refractivity (Wildman–Crippen MR) is 92.1 cm³/mol. The highest BCUT2D eigenvalue weighted by Gasteiger charge is 2.21. The lowest BCUT2D eigenvalue weighted by atomic mass is 10.2. The van der Waals surface area contributed by atoms with Gasteiger partial charge in [0.15, 0.2) is 0 Å². The van der Waals surface area contributed by atoms with E-state index in [0.29, 0.717) is 11.3 Å². The molecule has 0 saturated heterocycles. The fourth-order valence-electron chi connectivity index (χ4n) is 1.87. The highest BCUT2D eigenvalue weighted by Crippen LogP contribution is 2.12. The SMILES string of the molecule is COc1cccc(C(=O)NCCS(=O)(=O)N(CCCl)CCCl)c1. The lowest BCUT2D eigenvalue weighted by Crippen LogP contribution is -2.39. The minimum Gasteiger partial charge on any atom is -0.497 e. The molecule has 1 rings (SSSR count). The molecule has 0 spiro atoms. The van der Waals surface area contributed by atoms with Gasteiger partial charge in [-0.25, -0.2) is 8.42 Å². The number of carbonyl (C=O) groups is 1. The van der Waals surface area contributed by atoms with Crippen molar-refractivity contribution in [1.82, 2.24) is 9.62 Å². The number of halogens is 2. The van der Waals surface area contributed by atoms with Gasteiger partial charge in [0, 0.05) is 37.0 Å². The van der Waals surface area contributed by atoms with Crippen LogP contribution < -0.4 is 10.1 Å². The second kappa shape index (κ2) is 9.97. The minimum atomic E-state index is -3.51. The lowest BCUT2D eigenvalue weighted by Gasteiger charge is -2.20. The van der Waals surface area contributed by atoms with Gasteiger partial charge in [-0.3, -0.25) is 4.79 Å². The van der Waals surface area contributed by atoms with E-state index in [4.69, 9.17) is 27.9 Å². The number of carbonyl (C=O) groups excluding carboxylic acids is 1. The number of methoxy groups -OCH3 is 1. The molecule has 0 radical (unpaired) electrons. The monoisotopic (exact) mass is 382 g/mol. The first kappa shape index (κ1) is 20.0. The van der Waals surface area contributed by atoms with Crippen LogP contribution in [0.4, 0.5) is 0 Å². The molecule has 0 fully saturated rings. The number of amides is 1. The Morgan fingerprint density at radius 1 is 1.26 bits per heavy atom. The second-order valence-corrected chi connectivity index (χ2v) is 7.43. The number of nitrogens with zero attached hydrogens (tertiary/aromatic N) is 1. The van der Waals surface area contributed by atoms with Crippen LogP contribution in [0.5, 0.6) is 5.75 Å². The summed E-state index contributed by atoms with van der Waals surface area (Å²) in [5.74, 6) is 0.357. The van der Waals surface area contributed by atoms with Gasteiger partial charge in [-0.2, -0.15) is 4.31 Å². The summed E-state index contributed by atoms with van der Waals surface area (Å²) in [5.41, 5.74) is 0.403. The molecule has 0 atom stereocenters. The zero-order chi connectivity index (χ0) is 17.3. The first-order valence-electron chi connectivity index (χ1n) is 6.96. The van der Waals surface area contributed by atoms with Gasteiger partial charge in [-0.05, 0) is 18.2 Å². The smallest absolute Gasteiger partial charge is 0.251 e. The normalized spacial score (nSPS) is 11.5. The van der Waals surface area contributed by atoms with Crippen molar-refractivity contribution in [2.24, 2.45) is 0 Å².